The van der Waals surface area contributed by atoms with Gasteiger partial charge in [0.2, 0.25) is 0 Å². The van der Waals surface area contributed by atoms with Crippen LogP contribution in [0.4, 0.5) is 8.78 Å². The number of amides is 2. The highest BCUT2D eigenvalue weighted by Crippen LogP contribution is 2.18. The lowest BCUT2D eigenvalue weighted by atomic mass is 10.0. The van der Waals surface area contributed by atoms with E-state index in [1.165, 1.54) is 6.20 Å². The second kappa shape index (κ2) is 15.9. The number of hydrogen-bond acceptors (Lipinski definition) is 5. The van der Waals surface area contributed by atoms with Crippen molar-refractivity contribution in [2.24, 2.45) is 0 Å². The smallest absolute Gasteiger partial charge is 0.272 e. The van der Waals surface area contributed by atoms with Crippen molar-refractivity contribution in [3.05, 3.63) is 123 Å². The number of carbonyl (C=O) groups excluding carboxylic acids is 2. The van der Waals surface area contributed by atoms with E-state index in [-0.39, 0.29) is 28.5 Å². The fraction of sp³-hybridized carbons (Fsp3) is 0.308. The van der Waals surface area contributed by atoms with Crippen LogP contribution in [0.3, 0.4) is 0 Å². The van der Waals surface area contributed by atoms with E-state index in [1.54, 1.807) is 61.5 Å². The van der Waals surface area contributed by atoms with Crippen molar-refractivity contribution in [2.75, 3.05) is 14.1 Å². The SMILES string of the molecule is Cc1cc(C#Cc2cc(F)ccc2F)cnc1C(=O)N(C)C(C)(C)C.Cc1cc(C#Cc2cncc(Cl)c2)cnc1C(=O)N(C)C(C)(C)C. The van der Waals surface area contributed by atoms with Crippen LogP contribution in [0.5, 0.6) is 0 Å². The molecule has 0 N–H and O–H groups in total. The Labute approximate surface area is 292 Å². The van der Waals surface area contributed by atoms with E-state index in [0.29, 0.717) is 27.5 Å². The molecule has 0 bridgehead atoms. The molecule has 10 heteroatoms. The number of rotatable bonds is 2. The van der Waals surface area contributed by atoms with E-state index < -0.39 is 11.6 Å². The third kappa shape index (κ3) is 10.7. The van der Waals surface area contributed by atoms with Crippen LogP contribution in [0.25, 0.3) is 0 Å². The lowest BCUT2D eigenvalue weighted by Gasteiger charge is -2.32. The van der Waals surface area contributed by atoms with Crippen LogP contribution < -0.4 is 0 Å². The van der Waals surface area contributed by atoms with Gasteiger partial charge in [-0.25, -0.2) is 18.7 Å². The molecule has 0 radical (unpaired) electrons. The first-order chi connectivity index (χ1) is 22.8. The summed E-state index contributed by atoms with van der Waals surface area (Å²) >= 11 is 5.89. The first-order valence-corrected chi connectivity index (χ1v) is 15.7. The Morgan fingerprint density at radius 2 is 1.12 bits per heavy atom. The van der Waals surface area contributed by atoms with Crippen molar-refractivity contribution in [2.45, 2.75) is 66.5 Å². The number of pyridine rings is 3. The van der Waals surface area contributed by atoms with E-state index in [1.807, 2.05) is 54.5 Å². The number of aryl methyl sites for hydroxylation is 2. The quantitative estimate of drug-likeness (QED) is 0.203. The van der Waals surface area contributed by atoms with Gasteiger partial charge in [-0.15, -0.1) is 0 Å². The highest BCUT2D eigenvalue weighted by molar-refractivity contribution is 6.30. The fourth-order valence-electron chi connectivity index (χ4n) is 4.02. The third-order valence-electron chi connectivity index (χ3n) is 7.51. The molecule has 7 nitrogen and oxygen atoms in total. The lowest BCUT2D eigenvalue weighted by molar-refractivity contribution is 0.0639. The largest absolute Gasteiger partial charge is 0.336 e. The van der Waals surface area contributed by atoms with E-state index in [4.69, 9.17) is 11.6 Å². The number of hydrogen-bond donors (Lipinski definition) is 0. The highest BCUT2D eigenvalue weighted by Gasteiger charge is 2.26. The van der Waals surface area contributed by atoms with Crippen molar-refractivity contribution in [3.8, 4) is 23.7 Å². The predicted octanol–water partition coefficient (Wildman–Crippen LogP) is 7.65. The molecule has 1 aromatic carbocycles. The number of carbonyl (C=O) groups is 2. The van der Waals surface area contributed by atoms with Gasteiger partial charge >= 0.3 is 0 Å². The second-order valence-corrected chi connectivity index (χ2v) is 13.8. The average molecular weight is 684 g/mol. The standard InChI is InChI=1S/C20H20F2N2O.C19H20ClN3O/c1-13-10-14(6-7-15-11-16(21)8-9-17(15)22)12-23-18(13)19(25)24(5)20(2,3)4;1-13-8-14(6-7-15-9-16(20)12-21-10-15)11-22-17(13)18(24)23(5)19(2,3)4/h8-12H,1-5H3;8-12H,1-5H3. The van der Waals surface area contributed by atoms with Crippen LogP contribution in [-0.2, 0) is 0 Å². The van der Waals surface area contributed by atoms with Crippen LogP contribution in [-0.4, -0.2) is 61.7 Å². The molecule has 4 aromatic rings. The molecule has 0 aliphatic carbocycles. The molecule has 0 aliphatic rings. The number of halogens is 3. The monoisotopic (exact) mass is 683 g/mol. The average Bonchev–Trinajstić information content (AvgIpc) is 3.02. The molecule has 3 aromatic heterocycles. The molecule has 3 heterocycles. The molecule has 0 unspecified atom stereocenters. The van der Waals surface area contributed by atoms with Gasteiger partial charge in [0.25, 0.3) is 11.8 Å². The summed E-state index contributed by atoms with van der Waals surface area (Å²) in [4.78, 5) is 40.9. The maximum Gasteiger partial charge on any atom is 0.272 e. The maximum absolute atomic E-state index is 13.6. The Bertz CT molecular complexity index is 1990. The Hall–Kier alpha value is -5.12. The van der Waals surface area contributed by atoms with Crippen LogP contribution in [0.15, 0.2) is 61.2 Å². The van der Waals surface area contributed by atoms with Gasteiger partial charge in [-0.1, -0.05) is 35.3 Å². The van der Waals surface area contributed by atoms with Gasteiger partial charge in [0.1, 0.15) is 23.0 Å². The van der Waals surface area contributed by atoms with Gasteiger partial charge in [0.15, 0.2) is 0 Å². The normalized spacial score (nSPS) is 10.8. The fourth-order valence-corrected chi connectivity index (χ4v) is 4.19. The topological polar surface area (TPSA) is 79.3 Å². The van der Waals surface area contributed by atoms with Crippen molar-refractivity contribution in [1.82, 2.24) is 24.8 Å². The molecule has 0 saturated heterocycles. The molecule has 0 spiro atoms. The minimum absolute atomic E-state index is 0.0229. The van der Waals surface area contributed by atoms with Gasteiger partial charge in [-0.2, -0.15) is 0 Å². The van der Waals surface area contributed by atoms with Crippen LogP contribution in [0.1, 0.15) is 95.9 Å². The van der Waals surface area contributed by atoms with E-state index in [2.05, 4.69) is 38.6 Å². The molecule has 0 saturated carbocycles. The van der Waals surface area contributed by atoms with E-state index >= 15 is 0 Å². The Kier molecular flexibility index (Phi) is 12.4. The van der Waals surface area contributed by atoms with Crippen molar-refractivity contribution in [3.63, 3.8) is 0 Å². The maximum atomic E-state index is 13.6. The summed E-state index contributed by atoms with van der Waals surface area (Å²) in [5, 5.41) is 0.544. The Morgan fingerprint density at radius 3 is 1.55 bits per heavy atom. The van der Waals surface area contributed by atoms with Crippen LogP contribution in [0.2, 0.25) is 5.02 Å². The summed E-state index contributed by atoms with van der Waals surface area (Å²) in [7, 11) is 3.51. The summed E-state index contributed by atoms with van der Waals surface area (Å²) < 4.78 is 26.7. The zero-order chi connectivity index (χ0) is 36.7. The molecule has 49 heavy (non-hydrogen) atoms. The second-order valence-electron chi connectivity index (χ2n) is 13.4. The first kappa shape index (κ1) is 38.3. The molecular formula is C39H40ClF2N5O2. The first-order valence-electron chi connectivity index (χ1n) is 15.4. The zero-order valence-corrected chi connectivity index (χ0v) is 30.2. The van der Waals surface area contributed by atoms with Gasteiger partial charge in [-0.3, -0.25) is 14.6 Å². The van der Waals surface area contributed by atoms with Crippen molar-refractivity contribution < 1.29 is 18.4 Å². The lowest BCUT2D eigenvalue weighted by Crippen LogP contribution is -2.43. The van der Waals surface area contributed by atoms with Crippen LogP contribution in [0, 0.1) is 49.2 Å². The van der Waals surface area contributed by atoms with Gasteiger partial charge in [-0.05, 0) is 103 Å². The Morgan fingerprint density at radius 1 is 0.673 bits per heavy atom. The third-order valence-corrected chi connectivity index (χ3v) is 7.72. The minimum Gasteiger partial charge on any atom is -0.336 e. The Balaban J connectivity index is 0.000000266. The molecule has 0 aliphatic heterocycles. The van der Waals surface area contributed by atoms with E-state index in [0.717, 1.165) is 34.9 Å². The number of aromatic nitrogens is 3. The van der Waals surface area contributed by atoms with Crippen LogP contribution >= 0.6 is 11.6 Å². The molecule has 0 fully saturated rings. The molecular weight excluding hydrogens is 644 g/mol. The molecule has 2 amide bonds. The van der Waals surface area contributed by atoms with E-state index in [9.17, 15) is 18.4 Å². The summed E-state index contributed by atoms with van der Waals surface area (Å²) in [5.74, 6) is 9.94. The number of benzene rings is 1. The predicted molar refractivity (Wildman–Crippen MR) is 189 cm³/mol. The van der Waals surface area contributed by atoms with Gasteiger partial charge in [0, 0.05) is 66.7 Å². The number of nitrogens with zero attached hydrogens (tertiary/aromatic N) is 5. The molecule has 254 valence electrons. The molecule has 0 atom stereocenters. The highest BCUT2D eigenvalue weighted by atomic mass is 35.5. The van der Waals surface area contributed by atoms with Crippen molar-refractivity contribution >= 4 is 23.4 Å². The molecule has 4 rings (SSSR count). The van der Waals surface area contributed by atoms with Gasteiger partial charge < -0.3 is 9.80 Å². The van der Waals surface area contributed by atoms with Crippen molar-refractivity contribution in [1.29, 1.82) is 0 Å². The summed E-state index contributed by atoms with van der Waals surface area (Å²) in [5.41, 5.74) is 3.65. The summed E-state index contributed by atoms with van der Waals surface area (Å²) in [6.07, 6.45) is 6.28. The van der Waals surface area contributed by atoms with Gasteiger partial charge in [0.05, 0.1) is 10.6 Å². The zero-order valence-electron chi connectivity index (χ0n) is 29.5. The summed E-state index contributed by atoms with van der Waals surface area (Å²) in [6.45, 7) is 15.4. The minimum atomic E-state index is -0.586. The summed E-state index contributed by atoms with van der Waals surface area (Å²) in [6, 6.07) is 8.44.